The van der Waals surface area contributed by atoms with E-state index in [4.69, 9.17) is 0 Å². The predicted octanol–water partition coefficient (Wildman–Crippen LogP) is 3.52. The molecule has 2 bridgehead atoms. The average molecular weight is 266 g/mol. The molecule has 1 N–H and O–H groups in total. The van der Waals surface area contributed by atoms with Gasteiger partial charge in [-0.05, 0) is 56.0 Å². The van der Waals surface area contributed by atoms with Crippen LogP contribution in [0.25, 0.3) is 0 Å². The summed E-state index contributed by atoms with van der Waals surface area (Å²) in [5.41, 5.74) is 1.02. The zero-order valence-electron chi connectivity index (χ0n) is 13.9. The van der Waals surface area contributed by atoms with Crippen LogP contribution in [-0.2, 0) is 0 Å². The highest BCUT2D eigenvalue weighted by Crippen LogP contribution is 2.62. The summed E-state index contributed by atoms with van der Waals surface area (Å²) in [6.07, 6.45) is 4.32. The van der Waals surface area contributed by atoms with Crippen LogP contribution in [0.2, 0.25) is 0 Å². The van der Waals surface area contributed by atoms with Crippen molar-refractivity contribution in [2.75, 3.05) is 19.6 Å². The van der Waals surface area contributed by atoms with Gasteiger partial charge in [0.15, 0.2) is 0 Å². The molecule has 2 heteroatoms. The first-order valence-electron chi connectivity index (χ1n) is 8.32. The van der Waals surface area contributed by atoms with Gasteiger partial charge >= 0.3 is 0 Å². The largest absolute Gasteiger partial charge is 0.309 e. The van der Waals surface area contributed by atoms with Crippen LogP contribution in [0, 0.1) is 16.7 Å². The van der Waals surface area contributed by atoms with Crippen molar-refractivity contribution < 1.29 is 0 Å². The number of hydrogen-bond donors (Lipinski definition) is 1. The number of fused-ring (bicyclic) bond motifs is 2. The zero-order valence-corrected chi connectivity index (χ0v) is 13.9. The van der Waals surface area contributed by atoms with Gasteiger partial charge in [-0.15, -0.1) is 0 Å². The molecular formula is C17H34N2. The molecule has 4 atom stereocenters. The quantitative estimate of drug-likeness (QED) is 0.791. The normalized spacial score (nSPS) is 38.1. The topological polar surface area (TPSA) is 15.3 Å². The van der Waals surface area contributed by atoms with Crippen LogP contribution in [0.4, 0.5) is 0 Å². The van der Waals surface area contributed by atoms with Crippen LogP contribution >= 0.6 is 0 Å². The Morgan fingerprint density at radius 2 is 1.84 bits per heavy atom. The van der Waals surface area contributed by atoms with Crippen molar-refractivity contribution in [1.29, 1.82) is 0 Å². The van der Waals surface area contributed by atoms with Gasteiger partial charge in [-0.1, -0.05) is 34.6 Å². The maximum absolute atomic E-state index is 4.00. The van der Waals surface area contributed by atoms with E-state index in [0.717, 1.165) is 19.0 Å². The summed E-state index contributed by atoms with van der Waals surface area (Å²) in [5, 5.41) is 4.00. The SMILES string of the molecule is CCN(CC)CC(C)NC1C(C)(C)[C@H]2CC[C@]1(C)C2. The molecule has 2 unspecified atom stereocenters. The third kappa shape index (κ3) is 2.71. The molecule has 0 aliphatic heterocycles. The number of likely N-dealkylation sites (N-methyl/N-ethyl adjacent to an activating group) is 1. The average Bonchev–Trinajstić information content (AvgIpc) is 2.83. The Morgan fingerprint density at radius 1 is 1.21 bits per heavy atom. The Hall–Kier alpha value is -0.0800. The first-order chi connectivity index (χ1) is 8.83. The first-order valence-corrected chi connectivity index (χ1v) is 8.32. The summed E-state index contributed by atoms with van der Waals surface area (Å²) in [4.78, 5) is 2.53. The smallest absolute Gasteiger partial charge is 0.0178 e. The molecule has 2 fully saturated rings. The molecule has 2 aliphatic carbocycles. The maximum atomic E-state index is 4.00. The number of nitrogens with one attached hydrogen (secondary N) is 1. The molecule has 0 aromatic carbocycles. The Balaban J connectivity index is 1.98. The monoisotopic (exact) mass is 266 g/mol. The summed E-state index contributed by atoms with van der Waals surface area (Å²) in [5.74, 6) is 0.940. The molecule has 2 aliphatic rings. The highest BCUT2D eigenvalue weighted by Gasteiger charge is 2.59. The van der Waals surface area contributed by atoms with Crippen molar-refractivity contribution in [3.05, 3.63) is 0 Å². The number of rotatable bonds is 6. The summed E-state index contributed by atoms with van der Waals surface area (Å²) in [6.45, 7) is 17.9. The third-order valence-corrected chi connectivity index (χ3v) is 6.15. The Kier molecular flexibility index (Phi) is 4.32. The molecule has 0 radical (unpaired) electrons. The molecule has 0 saturated heterocycles. The van der Waals surface area contributed by atoms with Crippen LogP contribution in [0.1, 0.15) is 60.8 Å². The van der Waals surface area contributed by atoms with E-state index in [0.29, 0.717) is 22.9 Å². The lowest BCUT2D eigenvalue weighted by Gasteiger charge is -2.45. The second-order valence-corrected chi connectivity index (χ2v) is 7.90. The molecule has 19 heavy (non-hydrogen) atoms. The number of nitrogens with zero attached hydrogens (tertiary/aromatic N) is 1. The summed E-state index contributed by atoms with van der Waals surface area (Å²) < 4.78 is 0. The molecule has 2 nitrogen and oxygen atoms in total. The van der Waals surface area contributed by atoms with Crippen molar-refractivity contribution in [2.45, 2.75) is 72.9 Å². The van der Waals surface area contributed by atoms with Gasteiger partial charge in [0.05, 0.1) is 0 Å². The molecule has 112 valence electrons. The van der Waals surface area contributed by atoms with Gasteiger partial charge in [-0.25, -0.2) is 0 Å². The van der Waals surface area contributed by atoms with Crippen LogP contribution in [0.15, 0.2) is 0 Å². The minimum absolute atomic E-state index is 0.477. The van der Waals surface area contributed by atoms with Crippen molar-refractivity contribution in [1.82, 2.24) is 10.2 Å². The second kappa shape index (κ2) is 5.37. The summed E-state index contributed by atoms with van der Waals surface area (Å²) >= 11 is 0. The van der Waals surface area contributed by atoms with Crippen LogP contribution in [0.5, 0.6) is 0 Å². The summed E-state index contributed by atoms with van der Waals surface area (Å²) in [6, 6.07) is 1.30. The van der Waals surface area contributed by atoms with Gasteiger partial charge in [-0.3, -0.25) is 0 Å². The lowest BCUT2D eigenvalue weighted by Crippen LogP contribution is -2.55. The van der Waals surface area contributed by atoms with E-state index in [2.05, 4.69) is 51.8 Å². The molecule has 0 aromatic heterocycles. The number of hydrogen-bond acceptors (Lipinski definition) is 2. The summed E-state index contributed by atoms with van der Waals surface area (Å²) in [7, 11) is 0. The van der Waals surface area contributed by atoms with Gasteiger partial charge in [0, 0.05) is 18.6 Å². The minimum Gasteiger partial charge on any atom is -0.309 e. The van der Waals surface area contributed by atoms with E-state index in [9.17, 15) is 0 Å². The fourth-order valence-corrected chi connectivity index (χ4v) is 4.92. The third-order valence-electron chi connectivity index (χ3n) is 6.15. The first kappa shape index (κ1) is 15.3. The lowest BCUT2D eigenvalue weighted by molar-refractivity contribution is 0.0940. The molecule has 0 aromatic rings. The molecule has 2 saturated carbocycles. The molecule has 2 rings (SSSR count). The van der Waals surface area contributed by atoms with E-state index in [1.165, 1.54) is 25.8 Å². The van der Waals surface area contributed by atoms with E-state index < -0.39 is 0 Å². The van der Waals surface area contributed by atoms with Crippen molar-refractivity contribution in [3.8, 4) is 0 Å². The standard InChI is InChI=1S/C17H34N2/c1-7-19(8-2)12-13(3)18-15-16(4,5)14-9-10-17(15,6)11-14/h13-15,18H,7-12H2,1-6H3/t13?,14-,15?,17+/m0/s1. The van der Waals surface area contributed by atoms with Crippen LogP contribution < -0.4 is 5.32 Å². The van der Waals surface area contributed by atoms with Gasteiger partial charge in [0.2, 0.25) is 0 Å². The van der Waals surface area contributed by atoms with Gasteiger partial charge < -0.3 is 10.2 Å². The highest BCUT2D eigenvalue weighted by atomic mass is 15.1. The van der Waals surface area contributed by atoms with Crippen molar-refractivity contribution in [2.24, 2.45) is 16.7 Å². The van der Waals surface area contributed by atoms with E-state index in [1.807, 2.05) is 0 Å². The highest BCUT2D eigenvalue weighted by molar-refractivity contribution is 5.12. The molecule has 0 amide bonds. The molecule has 0 heterocycles. The lowest BCUT2D eigenvalue weighted by atomic mass is 9.68. The Bertz CT molecular complexity index is 304. The van der Waals surface area contributed by atoms with Crippen LogP contribution in [-0.4, -0.2) is 36.6 Å². The Morgan fingerprint density at radius 3 is 2.32 bits per heavy atom. The van der Waals surface area contributed by atoms with Crippen molar-refractivity contribution >= 4 is 0 Å². The van der Waals surface area contributed by atoms with E-state index in [-0.39, 0.29) is 0 Å². The van der Waals surface area contributed by atoms with E-state index >= 15 is 0 Å². The zero-order chi connectivity index (χ0) is 14.3. The van der Waals surface area contributed by atoms with Gasteiger partial charge in [0.25, 0.3) is 0 Å². The Labute approximate surface area is 120 Å². The minimum atomic E-state index is 0.477. The predicted molar refractivity (Wildman–Crippen MR) is 83.4 cm³/mol. The van der Waals surface area contributed by atoms with Crippen LogP contribution in [0.3, 0.4) is 0 Å². The van der Waals surface area contributed by atoms with E-state index in [1.54, 1.807) is 0 Å². The maximum Gasteiger partial charge on any atom is 0.0178 e. The fourth-order valence-electron chi connectivity index (χ4n) is 4.92. The fraction of sp³-hybridized carbons (Fsp3) is 1.00. The second-order valence-electron chi connectivity index (χ2n) is 7.90. The molecule has 0 spiro atoms. The molecular weight excluding hydrogens is 232 g/mol. The van der Waals surface area contributed by atoms with Crippen molar-refractivity contribution in [3.63, 3.8) is 0 Å². The van der Waals surface area contributed by atoms with Gasteiger partial charge in [-0.2, -0.15) is 0 Å². The van der Waals surface area contributed by atoms with Gasteiger partial charge in [0.1, 0.15) is 0 Å².